The van der Waals surface area contributed by atoms with Crippen LogP contribution in [0.5, 0.6) is 0 Å². The molecule has 2 fully saturated rings. The highest BCUT2D eigenvalue weighted by molar-refractivity contribution is 7.89. The molecule has 46 heavy (non-hydrogen) atoms. The smallest absolute Gasteiger partial charge is 0.270 e. The second-order valence-electron chi connectivity index (χ2n) is 12.1. The third-order valence-electron chi connectivity index (χ3n) is 9.07. The highest BCUT2D eigenvalue weighted by atomic mass is 32.2. The van der Waals surface area contributed by atoms with Crippen molar-refractivity contribution >= 4 is 60.3 Å². The fraction of sp³-hybridized carbons (Fsp3) is 0.323. The first-order chi connectivity index (χ1) is 21.9. The SMILES string of the molecule is CNc1cc(F)c(C#N)c2c1[nH]c1ncc(-c3cnc4c(c3)c(=O)c(C(=O)NS(C)(=O)=O)cn4C)c(N3CCC4CN(C)C[C@H]43)c12. The van der Waals surface area contributed by atoms with Gasteiger partial charge >= 0.3 is 0 Å². The summed E-state index contributed by atoms with van der Waals surface area (Å²) < 4.78 is 42.2. The Bertz CT molecular complexity index is 2340. The van der Waals surface area contributed by atoms with Gasteiger partial charge in [-0.3, -0.25) is 9.59 Å². The summed E-state index contributed by atoms with van der Waals surface area (Å²) in [6, 6.07) is 5.10. The Morgan fingerprint density at radius 2 is 1.96 bits per heavy atom. The number of nitrogens with zero attached hydrogens (tertiary/aromatic N) is 6. The van der Waals surface area contributed by atoms with Crippen molar-refractivity contribution < 1.29 is 17.6 Å². The zero-order valence-electron chi connectivity index (χ0n) is 25.5. The van der Waals surface area contributed by atoms with Crippen LogP contribution in [-0.4, -0.2) is 84.8 Å². The van der Waals surface area contributed by atoms with Gasteiger partial charge in [0.1, 0.15) is 28.7 Å². The number of rotatable bonds is 5. The number of likely N-dealkylation sites (N-methyl/N-ethyl adjacent to an activating group) is 1. The van der Waals surface area contributed by atoms with E-state index in [1.165, 1.54) is 16.8 Å². The van der Waals surface area contributed by atoms with E-state index in [-0.39, 0.29) is 22.6 Å². The van der Waals surface area contributed by atoms with Crippen molar-refractivity contribution in [2.24, 2.45) is 13.0 Å². The van der Waals surface area contributed by atoms with Crippen molar-refractivity contribution in [2.45, 2.75) is 12.5 Å². The third kappa shape index (κ3) is 4.55. The molecule has 4 aromatic heterocycles. The number of benzene rings is 1. The molecule has 0 saturated carbocycles. The molecule has 7 rings (SSSR count). The molecule has 5 aromatic rings. The lowest BCUT2D eigenvalue weighted by Gasteiger charge is -2.29. The maximum Gasteiger partial charge on any atom is 0.270 e. The standard InChI is InChI=1S/C31H30FN9O4S/c1-34-22-8-21(32)18(9-33)24-25-27(41-6-5-15-12-39(2)14-23(15)41)19(11-35-29(25)37-26(22)24)16-7-17-28(42)20(31(43)38-46(4,44)45)13-40(3)30(17)36-10-16/h7-8,10-11,13,15,23,34H,5-6,12,14H2,1-4H3,(H,35,37)(H,38,43)/t15?,23-/m1/s1. The number of nitriles is 1. The molecular weight excluding hydrogens is 613 g/mol. The molecule has 15 heteroatoms. The number of nitrogens with one attached hydrogen (secondary N) is 3. The summed E-state index contributed by atoms with van der Waals surface area (Å²) in [5, 5.41) is 14.2. The monoisotopic (exact) mass is 643 g/mol. The Morgan fingerprint density at radius 3 is 2.67 bits per heavy atom. The number of amides is 1. The van der Waals surface area contributed by atoms with Crippen LogP contribution in [0.1, 0.15) is 22.3 Å². The molecule has 236 valence electrons. The number of aromatic nitrogens is 4. The van der Waals surface area contributed by atoms with Gasteiger partial charge in [-0.05, 0) is 25.5 Å². The predicted molar refractivity (Wildman–Crippen MR) is 173 cm³/mol. The van der Waals surface area contributed by atoms with Crippen LogP contribution in [-0.2, 0) is 17.1 Å². The van der Waals surface area contributed by atoms with Gasteiger partial charge in [0.15, 0.2) is 0 Å². The van der Waals surface area contributed by atoms with E-state index in [0.29, 0.717) is 50.3 Å². The van der Waals surface area contributed by atoms with Gasteiger partial charge in [-0.2, -0.15) is 5.26 Å². The number of anilines is 2. The molecule has 0 radical (unpaired) electrons. The van der Waals surface area contributed by atoms with Crippen LogP contribution in [0.4, 0.5) is 15.8 Å². The number of aryl methyl sites for hydroxylation is 1. The Kier molecular flexibility index (Phi) is 6.76. The number of H-pyrrole nitrogens is 1. The summed E-state index contributed by atoms with van der Waals surface area (Å²) in [5.74, 6) is -1.30. The summed E-state index contributed by atoms with van der Waals surface area (Å²) in [5.41, 5.74) is 2.53. The topological polar surface area (TPSA) is 169 Å². The molecule has 0 spiro atoms. The van der Waals surface area contributed by atoms with Gasteiger partial charge in [0.25, 0.3) is 5.91 Å². The third-order valence-corrected chi connectivity index (χ3v) is 9.63. The van der Waals surface area contributed by atoms with E-state index < -0.39 is 27.2 Å². The first-order valence-electron chi connectivity index (χ1n) is 14.6. The van der Waals surface area contributed by atoms with Gasteiger partial charge in [0.2, 0.25) is 15.5 Å². The number of sulfonamides is 1. The van der Waals surface area contributed by atoms with E-state index in [1.807, 2.05) is 4.72 Å². The summed E-state index contributed by atoms with van der Waals surface area (Å²) in [6.07, 6.45) is 6.31. The highest BCUT2D eigenvalue weighted by Gasteiger charge is 2.42. The van der Waals surface area contributed by atoms with Crippen LogP contribution in [0.25, 0.3) is 44.1 Å². The minimum absolute atomic E-state index is 0.104. The second kappa shape index (κ2) is 10.5. The molecule has 6 heterocycles. The first kappa shape index (κ1) is 29.6. The normalized spacial score (nSPS) is 18.4. The first-order valence-corrected chi connectivity index (χ1v) is 16.5. The number of pyridine rings is 3. The zero-order valence-corrected chi connectivity index (χ0v) is 26.3. The summed E-state index contributed by atoms with van der Waals surface area (Å²) >= 11 is 0. The lowest BCUT2D eigenvalue weighted by atomic mass is 9.98. The Morgan fingerprint density at radius 1 is 1.17 bits per heavy atom. The average molecular weight is 644 g/mol. The lowest BCUT2D eigenvalue weighted by molar-refractivity contribution is 0.0980. The zero-order chi connectivity index (χ0) is 32.7. The number of carbonyl (C=O) groups is 1. The van der Waals surface area contributed by atoms with E-state index in [0.717, 1.165) is 38.0 Å². The second-order valence-corrected chi connectivity index (χ2v) is 13.8. The number of hydrogen-bond donors (Lipinski definition) is 3. The van der Waals surface area contributed by atoms with Crippen LogP contribution >= 0.6 is 0 Å². The number of halogens is 1. The molecule has 2 aliphatic heterocycles. The van der Waals surface area contributed by atoms with Crippen molar-refractivity contribution in [1.82, 2.24) is 29.1 Å². The van der Waals surface area contributed by atoms with Crippen molar-refractivity contribution in [3.8, 4) is 17.2 Å². The van der Waals surface area contributed by atoms with E-state index in [2.05, 4.69) is 38.2 Å². The molecule has 2 aliphatic rings. The molecule has 13 nitrogen and oxygen atoms in total. The van der Waals surface area contributed by atoms with Crippen molar-refractivity contribution in [1.29, 1.82) is 5.26 Å². The minimum atomic E-state index is -3.92. The average Bonchev–Trinajstić information content (AvgIpc) is 3.69. The summed E-state index contributed by atoms with van der Waals surface area (Å²) in [7, 11) is 1.44. The molecule has 2 atom stereocenters. The molecule has 1 aromatic carbocycles. The van der Waals surface area contributed by atoms with E-state index >= 15 is 4.39 Å². The molecule has 1 amide bonds. The van der Waals surface area contributed by atoms with Gasteiger partial charge in [-0.1, -0.05) is 0 Å². The van der Waals surface area contributed by atoms with Crippen molar-refractivity contribution in [3.05, 3.63) is 57.9 Å². The number of likely N-dealkylation sites (tertiary alicyclic amines) is 1. The molecular formula is C31H30FN9O4S. The molecule has 2 saturated heterocycles. The van der Waals surface area contributed by atoms with Crippen LogP contribution in [0.3, 0.4) is 0 Å². The fourth-order valence-corrected chi connectivity index (χ4v) is 7.59. The Hall–Kier alpha value is -5.07. The lowest BCUT2D eigenvalue weighted by Crippen LogP contribution is -2.35. The van der Waals surface area contributed by atoms with Crippen LogP contribution in [0.2, 0.25) is 0 Å². The summed E-state index contributed by atoms with van der Waals surface area (Å²) in [4.78, 5) is 43.6. The van der Waals surface area contributed by atoms with E-state index in [9.17, 15) is 23.3 Å². The molecule has 3 N–H and O–H groups in total. The quantitative estimate of drug-likeness (QED) is 0.259. The van der Waals surface area contributed by atoms with Crippen LogP contribution in [0, 0.1) is 23.1 Å². The number of hydrogen-bond acceptors (Lipinski definition) is 10. The van der Waals surface area contributed by atoms with Gasteiger partial charge in [0, 0.05) is 80.9 Å². The van der Waals surface area contributed by atoms with E-state index in [1.54, 1.807) is 32.6 Å². The number of aromatic amines is 1. The van der Waals surface area contributed by atoms with Crippen molar-refractivity contribution in [2.75, 3.05) is 50.2 Å². The van der Waals surface area contributed by atoms with E-state index in [4.69, 9.17) is 4.98 Å². The fourth-order valence-electron chi connectivity index (χ4n) is 7.14. The highest BCUT2D eigenvalue weighted by Crippen LogP contribution is 2.47. The number of carbonyl (C=O) groups excluding carboxylic acids is 1. The van der Waals surface area contributed by atoms with Gasteiger partial charge in [0.05, 0.1) is 39.5 Å². The van der Waals surface area contributed by atoms with Crippen LogP contribution < -0.4 is 20.4 Å². The van der Waals surface area contributed by atoms with Crippen molar-refractivity contribution in [3.63, 3.8) is 0 Å². The minimum Gasteiger partial charge on any atom is -0.386 e. The van der Waals surface area contributed by atoms with Gasteiger partial charge in [-0.15, -0.1) is 0 Å². The predicted octanol–water partition coefficient (Wildman–Crippen LogP) is 2.51. The maximum absolute atomic E-state index is 15.4. The summed E-state index contributed by atoms with van der Waals surface area (Å²) in [6.45, 7) is 2.47. The maximum atomic E-state index is 15.4. The molecule has 0 aliphatic carbocycles. The molecule has 1 unspecified atom stereocenters. The molecule has 0 bridgehead atoms. The van der Waals surface area contributed by atoms with Crippen LogP contribution in [0.15, 0.2) is 35.5 Å². The van der Waals surface area contributed by atoms with Gasteiger partial charge < -0.3 is 24.7 Å². The number of fused-ring (bicyclic) bond motifs is 5. The Labute approximate surface area is 262 Å². The Balaban J connectivity index is 1.54. The van der Waals surface area contributed by atoms with Gasteiger partial charge in [-0.25, -0.2) is 27.5 Å². The largest absolute Gasteiger partial charge is 0.386 e.